The van der Waals surface area contributed by atoms with Crippen LogP contribution < -0.4 is 0 Å². The van der Waals surface area contributed by atoms with Gasteiger partial charge in [0, 0.05) is 0 Å². The second kappa shape index (κ2) is 3.19. The van der Waals surface area contributed by atoms with Gasteiger partial charge in [0.2, 0.25) is 0 Å². The molecule has 14 heavy (non-hydrogen) atoms. The highest BCUT2D eigenvalue weighted by atomic mass is 16.9. The zero-order valence-corrected chi connectivity index (χ0v) is 8.59. The molecule has 0 aromatic rings. The minimum Gasteiger partial charge on any atom is -0.327 e. The molecule has 0 aromatic heterocycles. The molecule has 0 aromatic carbocycles. The lowest BCUT2D eigenvalue weighted by atomic mass is 9.69. The summed E-state index contributed by atoms with van der Waals surface area (Å²) in [6.07, 6.45) is 7.13. The van der Waals surface area contributed by atoms with Crippen molar-refractivity contribution in [2.45, 2.75) is 44.5 Å². The Hall–Kier alpha value is -0.120. The van der Waals surface area contributed by atoms with E-state index in [0.717, 1.165) is 39.1 Å². The second-order valence-electron chi connectivity index (χ2n) is 4.69. The first-order valence-electron chi connectivity index (χ1n) is 5.79. The lowest BCUT2D eigenvalue weighted by molar-refractivity contribution is -0.469. The Kier molecular flexibility index (Phi) is 2.08. The molecule has 3 rings (SSSR count). The standard InChI is InChI=1S/C11H18O3/c1-4-10-5-2-8-13-11(10,12-7-1)14-9-3-6-10/h1-9H2. The average molecular weight is 198 g/mol. The van der Waals surface area contributed by atoms with Gasteiger partial charge in [0.05, 0.1) is 25.2 Å². The molecule has 0 spiro atoms. The predicted octanol–water partition coefficient (Wildman–Crippen LogP) is 2.06. The summed E-state index contributed by atoms with van der Waals surface area (Å²) in [5.74, 6) is -0.651. The molecule has 3 fully saturated rings. The molecule has 3 aliphatic heterocycles. The molecule has 3 aliphatic rings. The average Bonchev–Trinajstić information content (AvgIpc) is 2.27. The third-order valence-electron chi connectivity index (χ3n) is 3.92. The van der Waals surface area contributed by atoms with Gasteiger partial charge in [-0.25, -0.2) is 0 Å². The van der Waals surface area contributed by atoms with Gasteiger partial charge in [-0.15, -0.1) is 0 Å². The van der Waals surface area contributed by atoms with Crippen molar-refractivity contribution in [1.82, 2.24) is 0 Å². The highest BCUT2D eigenvalue weighted by Crippen LogP contribution is 2.55. The number of ether oxygens (including phenoxy) is 3. The van der Waals surface area contributed by atoms with E-state index in [1.54, 1.807) is 0 Å². The van der Waals surface area contributed by atoms with Crippen LogP contribution in [0.5, 0.6) is 0 Å². The van der Waals surface area contributed by atoms with Gasteiger partial charge in [-0.2, -0.15) is 0 Å². The Balaban J connectivity index is 1.94. The molecule has 0 atom stereocenters. The molecule has 0 amide bonds. The second-order valence-corrected chi connectivity index (χ2v) is 4.69. The monoisotopic (exact) mass is 198 g/mol. The van der Waals surface area contributed by atoms with E-state index in [9.17, 15) is 0 Å². The van der Waals surface area contributed by atoms with Crippen molar-refractivity contribution in [3.05, 3.63) is 0 Å². The van der Waals surface area contributed by atoms with Crippen molar-refractivity contribution in [2.24, 2.45) is 5.41 Å². The lowest BCUT2D eigenvalue weighted by Gasteiger charge is -2.56. The van der Waals surface area contributed by atoms with Gasteiger partial charge in [0.25, 0.3) is 5.97 Å². The number of hydrogen-bond acceptors (Lipinski definition) is 3. The summed E-state index contributed by atoms with van der Waals surface area (Å²) >= 11 is 0. The maximum absolute atomic E-state index is 5.82. The van der Waals surface area contributed by atoms with Gasteiger partial charge in [-0.05, 0) is 38.5 Å². The molecular weight excluding hydrogens is 180 g/mol. The molecular formula is C11H18O3. The molecule has 0 N–H and O–H groups in total. The summed E-state index contributed by atoms with van der Waals surface area (Å²) in [4.78, 5) is 0. The van der Waals surface area contributed by atoms with Crippen molar-refractivity contribution in [2.75, 3.05) is 19.8 Å². The van der Waals surface area contributed by atoms with E-state index in [2.05, 4.69) is 0 Å². The zero-order valence-electron chi connectivity index (χ0n) is 8.59. The van der Waals surface area contributed by atoms with Crippen molar-refractivity contribution >= 4 is 0 Å². The Morgan fingerprint density at radius 1 is 0.643 bits per heavy atom. The first-order chi connectivity index (χ1) is 6.87. The SMILES string of the molecule is C1COC23OCCCC2(C1)CCCO3. The minimum absolute atomic E-state index is 0.182. The van der Waals surface area contributed by atoms with Crippen LogP contribution in [0.3, 0.4) is 0 Å². The fourth-order valence-corrected chi connectivity index (χ4v) is 3.27. The van der Waals surface area contributed by atoms with E-state index in [4.69, 9.17) is 14.2 Å². The van der Waals surface area contributed by atoms with Crippen molar-refractivity contribution in [3.63, 3.8) is 0 Å². The van der Waals surface area contributed by atoms with Crippen LogP contribution >= 0.6 is 0 Å². The maximum Gasteiger partial charge on any atom is 0.288 e. The molecule has 3 heterocycles. The van der Waals surface area contributed by atoms with Gasteiger partial charge in [-0.1, -0.05) is 0 Å². The normalized spacial score (nSPS) is 48.0. The molecule has 0 radical (unpaired) electrons. The summed E-state index contributed by atoms with van der Waals surface area (Å²) in [5, 5.41) is 0. The van der Waals surface area contributed by atoms with E-state index in [-0.39, 0.29) is 5.41 Å². The van der Waals surface area contributed by atoms with E-state index < -0.39 is 5.97 Å². The summed E-state index contributed by atoms with van der Waals surface area (Å²) in [6.45, 7) is 2.38. The summed E-state index contributed by atoms with van der Waals surface area (Å²) < 4.78 is 17.5. The van der Waals surface area contributed by atoms with E-state index in [1.807, 2.05) is 0 Å². The Morgan fingerprint density at radius 3 is 1.43 bits per heavy atom. The van der Waals surface area contributed by atoms with E-state index in [1.165, 1.54) is 19.3 Å². The van der Waals surface area contributed by atoms with Gasteiger partial charge in [0.1, 0.15) is 0 Å². The molecule has 0 aliphatic carbocycles. The minimum atomic E-state index is -0.651. The Morgan fingerprint density at radius 2 is 1.07 bits per heavy atom. The van der Waals surface area contributed by atoms with E-state index in [0.29, 0.717) is 0 Å². The van der Waals surface area contributed by atoms with Crippen LogP contribution in [-0.4, -0.2) is 25.8 Å². The maximum atomic E-state index is 5.82. The van der Waals surface area contributed by atoms with Crippen molar-refractivity contribution in [1.29, 1.82) is 0 Å². The third kappa shape index (κ3) is 1.09. The van der Waals surface area contributed by atoms with Crippen molar-refractivity contribution in [3.8, 4) is 0 Å². The van der Waals surface area contributed by atoms with Crippen LogP contribution in [0.4, 0.5) is 0 Å². The number of rotatable bonds is 0. The summed E-state index contributed by atoms with van der Waals surface area (Å²) in [6, 6.07) is 0. The van der Waals surface area contributed by atoms with Crippen molar-refractivity contribution < 1.29 is 14.2 Å². The van der Waals surface area contributed by atoms with Gasteiger partial charge >= 0.3 is 0 Å². The molecule has 0 bridgehead atoms. The number of hydrogen-bond donors (Lipinski definition) is 0. The smallest absolute Gasteiger partial charge is 0.288 e. The van der Waals surface area contributed by atoms with Gasteiger partial charge < -0.3 is 14.2 Å². The Bertz CT molecular complexity index is 169. The predicted molar refractivity (Wildman–Crippen MR) is 50.7 cm³/mol. The van der Waals surface area contributed by atoms with Crippen LogP contribution in [0.15, 0.2) is 0 Å². The van der Waals surface area contributed by atoms with Gasteiger partial charge in [0.15, 0.2) is 0 Å². The fourth-order valence-electron chi connectivity index (χ4n) is 3.27. The van der Waals surface area contributed by atoms with Crippen LogP contribution in [-0.2, 0) is 14.2 Å². The summed E-state index contributed by atoms with van der Waals surface area (Å²) in [7, 11) is 0. The lowest BCUT2D eigenvalue weighted by Crippen LogP contribution is -2.61. The first kappa shape index (κ1) is 9.13. The van der Waals surface area contributed by atoms with Crippen LogP contribution in [0.2, 0.25) is 0 Å². The topological polar surface area (TPSA) is 27.7 Å². The molecule has 3 saturated heterocycles. The van der Waals surface area contributed by atoms with Gasteiger partial charge in [-0.3, -0.25) is 0 Å². The molecule has 3 nitrogen and oxygen atoms in total. The van der Waals surface area contributed by atoms with Crippen LogP contribution in [0, 0.1) is 5.41 Å². The molecule has 3 heteroatoms. The Labute approximate surface area is 84.7 Å². The highest BCUT2D eigenvalue weighted by Gasteiger charge is 2.59. The van der Waals surface area contributed by atoms with Crippen LogP contribution in [0.1, 0.15) is 38.5 Å². The molecule has 0 unspecified atom stereocenters. The fraction of sp³-hybridized carbons (Fsp3) is 1.00. The molecule has 80 valence electrons. The first-order valence-corrected chi connectivity index (χ1v) is 5.79. The third-order valence-corrected chi connectivity index (χ3v) is 3.92. The largest absolute Gasteiger partial charge is 0.327 e. The van der Waals surface area contributed by atoms with E-state index >= 15 is 0 Å². The summed E-state index contributed by atoms with van der Waals surface area (Å²) in [5.41, 5.74) is 0.182. The quantitative estimate of drug-likeness (QED) is 0.596. The van der Waals surface area contributed by atoms with Crippen LogP contribution in [0.25, 0.3) is 0 Å². The zero-order chi connectivity index (χ0) is 9.49. The highest BCUT2D eigenvalue weighted by molar-refractivity contribution is 4.95. The molecule has 0 saturated carbocycles.